The van der Waals surface area contributed by atoms with E-state index in [1.54, 1.807) is 24.3 Å². The van der Waals surface area contributed by atoms with Gasteiger partial charge in [0.25, 0.3) is 0 Å². The van der Waals surface area contributed by atoms with Crippen molar-refractivity contribution in [1.29, 1.82) is 0 Å². The van der Waals surface area contributed by atoms with E-state index >= 15 is 0 Å². The smallest absolute Gasteiger partial charge is 0.343 e. The highest BCUT2D eigenvalue weighted by atomic mass is 16.5. The molecule has 2 aromatic carbocycles. The van der Waals surface area contributed by atoms with Crippen LogP contribution in [0.25, 0.3) is 0 Å². The predicted octanol–water partition coefficient (Wildman–Crippen LogP) is 1.24. The van der Waals surface area contributed by atoms with Gasteiger partial charge >= 0.3 is 5.97 Å². The van der Waals surface area contributed by atoms with E-state index < -0.39 is 6.10 Å². The Kier molecular flexibility index (Phi) is 7.74. The Morgan fingerprint density at radius 1 is 0.905 bits per heavy atom. The zero-order chi connectivity index (χ0) is 15.5. The van der Waals surface area contributed by atoms with E-state index in [0.717, 1.165) is 0 Å². The van der Waals surface area contributed by atoms with E-state index in [2.05, 4.69) is 0 Å². The molecule has 21 heavy (non-hydrogen) atoms. The van der Waals surface area contributed by atoms with Crippen LogP contribution in [0.4, 0.5) is 0 Å². The minimum absolute atomic E-state index is 0.332. The molecule has 0 aliphatic rings. The minimum Gasteiger partial charge on any atom is -0.423 e. The van der Waals surface area contributed by atoms with Crippen LogP contribution in [0.2, 0.25) is 0 Å². The van der Waals surface area contributed by atoms with E-state index in [4.69, 9.17) is 20.1 Å². The van der Waals surface area contributed by atoms with Crippen LogP contribution in [0.3, 0.4) is 0 Å². The Morgan fingerprint density at radius 3 is 1.81 bits per heavy atom. The summed E-state index contributed by atoms with van der Waals surface area (Å²) in [6, 6.07) is 18.0. The molecule has 0 aliphatic heterocycles. The summed E-state index contributed by atoms with van der Waals surface area (Å²) in [5.41, 5.74) is 0.557. The van der Waals surface area contributed by atoms with E-state index in [1.165, 1.54) is 0 Å². The van der Waals surface area contributed by atoms with Gasteiger partial charge in [-0.1, -0.05) is 36.4 Å². The summed E-state index contributed by atoms with van der Waals surface area (Å²) in [6.45, 7) is -0.729. The zero-order valence-electron chi connectivity index (χ0n) is 11.4. The average Bonchev–Trinajstić information content (AvgIpc) is 2.56. The van der Waals surface area contributed by atoms with Gasteiger partial charge in [0.2, 0.25) is 0 Å². The topological polar surface area (TPSA) is 87.0 Å². The van der Waals surface area contributed by atoms with Gasteiger partial charge in [-0.25, -0.2) is 4.79 Å². The fraction of sp³-hybridized carbons (Fsp3) is 0.188. The van der Waals surface area contributed by atoms with Crippen molar-refractivity contribution in [3.63, 3.8) is 0 Å². The van der Waals surface area contributed by atoms with Crippen LogP contribution in [0, 0.1) is 0 Å². The number of hydrogen-bond donors (Lipinski definition) is 3. The maximum absolute atomic E-state index is 11.6. The first-order chi connectivity index (χ1) is 10.2. The van der Waals surface area contributed by atoms with E-state index in [9.17, 15) is 4.79 Å². The fourth-order valence-electron chi connectivity index (χ4n) is 1.29. The van der Waals surface area contributed by atoms with Crippen LogP contribution < -0.4 is 4.74 Å². The third kappa shape index (κ3) is 6.67. The monoisotopic (exact) mass is 290 g/mol. The van der Waals surface area contributed by atoms with E-state index in [0.29, 0.717) is 11.3 Å². The number of ether oxygens (including phenoxy) is 1. The van der Waals surface area contributed by atoms with Crippen LogP contribution in [0.5, 0.6) is 5.75 Å². The van der Waals surface area contributed by atoms with Crippen LogP contribution in [-0.2, 0) is 0 Å². The summed E-state index contributed by atoms with van der Waals surface area (Å²) < 4.78 is 5.16. The third-order valence-electron chi connectivity index (χ3n) is 2.38. The van der Waals surface area contributed by atoms with Crippen molar-refractivity contribution in [2.45, 2.75) is 6.10 Å². The van der Waals surface area contributed by atoms with Crippen LogP contribution in [0.1, 0.15) is 10.4 Å². The Morgan fingerprint density at radius 2 is 1.38 bits per heavy atom. The summed E-state index contributed by atoms with van der Waals surface area (Å²) >= 11 is 0. The molecule has 0 aromatic heterocycles. The minimum atomic E-state index is -0.954. The molecule has 5 heteroatoms. The summed E-state index contributed by atoms with van der Waals surface area (Å²) in [5.74, 6) is 0.230. The lowest BCUT2D eigenvalue weighted by atomic mass is 10.2. The number of para-hydroxylation sites is 1. The lowest BCUT2D eigenvalue weighted by Gasteiger charge is -2.02. The van der Waals surface area contributed by atoms with Crippen molar-refractivity contribution < 1.29 is 24.9 Å². The number of aliphatic hydroxyl groups is 3. The molecule has 112 valence electrons. The van der Waals surface area contributed by atoms with Gasteiger partial charge < -0.3 is 20.1 Å². The lowest BCUT2D eigenvalue weighted by molar-refractivity contribution is 0.0450. The van der Waals surface area contributed by atoms with Crippen molar-refractivity contribution in [3.8, 4) is 5.75 Å². The van der Waals surface area contributed by atoms with Crippen molar-refractivity contribution in [2.75, 3.05) is 13.2 Å². The number of benzene rings is 2. The van der Waals surface area contributed by atoms with Gasteiger partial charge in [0.15, 0.2) is 0 Å². The number of carbonyl (C=O) groups excluding carboxylic acids is 1. The van der Waals surface area contributed by atoms with Crippen molar-refractivity contribution in [1.82, 2.24) is 0 Å². The van der Waals surface area contributed by atoms with Gasteiger partial charge in [0.1, 0.15) is 11.9 Å². The molecule has 0 saturated carbocycles. The molecule has 2 aromatic rings. The second kappa shape index (κ2) is 9.66. The Hall–Kier alpha value is -2.21. The highest BCUT2D eigenvalue weighted by Crippen LogP contribution is 2.11. The molecule has 0 unspecified atom stereocenters. The molecule has 0 saturated heterocycles. The first kappa shape index (κ1) is 16.8. The third-order valence-corrected chi connectivity index (χ3v) is 2.38. The van der Waals surface area contributed by atoms with Gasteiger partial charge in [-0.3, -0.25) is 0 Å². The van der Waals surface area contributed by atoms with Gasteiger partial charge in [0.05, 0.1) is 18.8 Å². The summed E-state index contributed by atoms with van der Waals surface area (Å²) in [6.07, 6.45) is -0.954. The highest BCUT2D eigenvalue weighted by molar-refractivity contribution is 5.90. The van der Waals surface area contributed by atoms with Gasteiger partial charge in [-0.2, -0.15) is 0 Å². The van der Waals surface area contributed by atoms with Gasteiger partial charge in [-0.05, 0) is 24.3 Å². The van der Waals surface area contributed by atoms with E-state index in [-0.39, 0.29) is 19.2 Å². The summed E-state index contributed by atoms with van der Waals surface area (Å²) in [4.78, 5) is 11.6. The zero-order valence-corrected chi connectivity index (χ0v) is 11.4. The largest absolute Gasteiger partial charge is 0.423 e. The van der Waals surface area contributed by atoms with Gasteiger partial charge in [0, 0.05) is 0 Å². The number of rotatable bonds is 4. The fourth-order valence-corrected chi connectivity index (χ4v) is 1.29. The molecular formula is C16H18O5. The standard InChI is InChI=1S/C13H10O2.C3H8O3/c14-13(11-7-3-1-4-8-11)15-12-9-5-2-6-10-12;4-1-3(6)2-5/h1-10H;3-6H,1-2H2. The quantitative estimate of drug-likeness (QED) is 0.582. The molecule has 3 N–H and O–H groups in total. The SMILES string of the molecule is O=C(Oc1ccccc1)c1ccccc1.OCC(O)CO. The van der Waals surface area contributed by atoms with Crippen molar-refractivity contribution >= 4 is 5.97 Å². The molecule has 5 nitrogen and oxygen atoms in total. The molecule has 0 heterocycles. The molecule has 2 rings (SSSR count). The lowest BCUT2D eigenvalue weighted by Crippen LogP contribution is -2.15. The molecule has 0 fully saturated rings. The number of carbonyl (C=O) groups is 1. The van der Waals surface area contributed by atoms with Crippen LogP contribution >= 0.6 is 0 Å². The Balaban J connectivity index is 0.000000315. The maximum atomic E-state index is 11.6. The molecule has 0 bridgehead atoms. The molecule has 0 amide bonds. The predicted molar refractivity (Wildman–Crippen MR) is 78.0 cm³/mol. The van der Waals surface area contributed by atoms with Crippen LogP contribution in [-0.4, -0.2) is 40.6 Å². The van der Waals surface area contributed by atoms with Gasteiger partial charge in [-0.15, -0.1) is 0 Å². The normalized spacial score (nSPS) is 9.71. The molecule has 0 atom stereocenters. The molecule has 0 spiro atoms. The van der Waals surface area contributed by atoms with Crippen molar-refractivity contribution in [3.05, 3.63) is 66.2 Å². The van der Waals surface area contributed by atoms with Crippen LogP contribution in [0.15, 0.2) is 60.7 Å². The molecule has 0 radical (unpaired) electrons. The second-order valence-electron chi connectivity index (χ2n) is 4.09. The van der Waals surface area contributed by atoms with Crippen molar-refractivity contribution in [2.24, 2.45) is 0 Å². The summed E-state index contributed by atoms with van der Waals surface area (Å²) in [7, 11) is 0. The molecule has 0 aliphatic carbocycles. The Bertz CT molecular complexity index is 509. The maximum Gasteiger partial charge on any atom is 0.343 e. The first-order valence-corrected chi connectivity index (χ1v) is 6.39. The first-order valence-electron chi connectivity index (χ1n) is 6.39. The Labute approximate surface area is 123 Å². The number of esters is 1. The van der Waals surface area contributed by atoms with E-state index in [1.807, 2.05) is 36.4 Å². The number of hydrogen-bond acceptors (Lipinski definition) is 5. The number of aliphatic hydroxyl groups excluding tert-OH is 3. The molecular weight excluding hydrogens is 272 g/mol. The second-order valence-corrected chi connectivity index (χ2v) is 4.09. The summed E-state index contributed by atoms with van der Waals surface area (Å²) in [5, 5.41) is 24.0. The highest BCUT2D eigenvalue weighted by Gasteiger charge is 2.06. The average molecular weight is 290 g/mol.